The molecule has 0 saturated carbocycles. The van der Waals surface area contributed by atoms with Crippen LogP contribution in [0.4, 0.5) is 13.2 Å². The molecule has 0 fully saturated rings. The minimum atomic E-state index is -4.79. The number of H-pyrrole nitrogens is 1. The van der Waals surface area contributed by atoms with Gasteiger partial charge in [0.2, 0.25) is 0 Å². The summed E-state index contributed by atoms with van der Waals surface area (Å²) in [6, 6.07) is 3.33. The smallest absolute Gasteiger partial charge is 0.394 e. The lowest BCUT2D eigenvalue weighted by molar-refractivity contribution is -0.0919. The fourth-order valence-corrected chi connectivity index (χ4v) is 4.34. The number of aromatic nitrogens is 3. The van der Waals surface area contributed by atoms with Crippen molar-refractivity contribution in [3.05, 3.63) is 40.3 Å². The molecule has 35 heavy (non-hydrogen) atoms. The Morgan fingerprint density at radius 2 is 1.94 bits per heavy atom. The maximum atomic E-state index is 13.4. The van der Waals surface area contributed by atoms with Gasteiger partial charge in [-0.3, -0.25) is 14.7 Å². The molecule has 0 aliphatic heterocycles. The molecule has 12 heteroatoms. The van der Waals surface area contributed by atoms with Crippen molar-refractivity contribution in [2.75, 3.05) is 27.2 Å². The van der Waals surface area contributed by atoms with E-state index in [1.807, 2.05) is 19.0 Å². The molecule has 186 valence electrons. The average Bonchev–Trinajstić information content (AvgIpc) is 3.25. The lowest BCUT2D eigenvalue weighted by Crippen LogP contribution is -2.28. The van der Waals surface area contributed by atoms with Gasteiger partial charge in [0.15, 0.2) is 5.69 Å². The Kier molecular flexibility index (Phi) is 6.77. The summed E-state index contributed by atoms with van der Waals surface area (Å²) in [5.74, 6) is -0.544. The summed E-state index contributed by atoms with van der Waals surface area (Å²) >= 11 is 0. The Bertz CT molecular complexity index is 1330. The first-order chi connectivity index (χ1) is 16.6. The number of aryl methyl sites for hydroxylation is 1. The molecule has 0 atom stereocenters. The van der Waals surface area contributed by atoms with Crippen LogP contribution in [-0.4, -0.2) is 65.6 Å². The first kappa shape index (κ1) is 24.6. The first-order valence-corrected chi connectivity index (χ1v) is 11.1. The van der Waals surface area contributed by atoms with Gasteiger partial charge in [-0.25, -0.2) is 10.5 Å². The largest absolute Gasteiger partial charge is 0.431 e. The minimum Gasteiger partial charge on any atom is -0.394 e. The second-order valence-electron chi connectivity index (χ2n) is 8.63. The maximum Gasteiger partial charge on any atom is 0.431 e. The number of halogens is 3. The van der Waals surface area contributed by atoms with E-state index in [1.54, 1.807) is 12.1 Å². The number of aromatic amines is 1. The van der Waals surface area contributed by atoms with Crippen molar-refractivity contribution in [3.63, 3.8) is 0 Å². The highest BCUT2D eigenvalue weighted by Gasteiger charge is 2.36. The van der Waals surface area contributed by atoms with Gasteiger partial charge >= 0.3 is 6.18 Å². The van der Waals surface area contributed by atoms with Crippen molar-refractivity contribution in [2.45, 2.75) is 31.9 Å². The van der Waals surface area contributed by atoms with Crippen LogP contribution in [0.2, 0.25) is 0 Å². The molecular formula is C23H26F3N7O2. The molecule has 0 unspecified atom stereocenters. The summed E-state index contributed by atoms with van der Waals surface area (Å²) < 4.78 is 40.2. The number of carbonyl (C=O) groups is 1. The van der Waals surface area contributed by atoms with Crippen molar-refractivity contribution >= 4 is 39.5 Å². The summed E-state index contributed by atoms with van der Waals surface area (Å²) in [4.78, 5) is 24.6. The molecule has 3 aromatic rings. The number of amides is 1. The van der Waals surface area contributed by atoms with Gasteiger partial charge in [0, 0.05) is 29.1 Å². The van der Waals surface area contributed by atoms with Gasteiger partial charge in [-0.15, -0.1) is 0 Å². The quantitative estimate of drug-likeness (QED) is 0.229. The lowest BCUT2D eigenvalue weighted by atomic mass is 9.85. The number of hydrogen-bond donors (Lipinski definition) is 4. The van der Waals surface area contributed by atoms with E-state index >= 15 is 0 Å². The fraction of sp³-hybridized carbons (Fsp3) is 0.391. The average molecular weight is 490 g/mol. The first-order valence-electron chi connectivity index (χ1n) is 11.1. The lowest BCUT2D eigenvalue weighted by Gasteiger charge is -2.23. The molecule has 0 saturated heterocycles. The highest BCUT2D eigenvalue weighted by Crippen LogP contribution is 2.38. The van der Waals surface area contributed by atoms with Crippen LogP contribution in [0.25, 0.3) is 27.4 Å². The third-order valence-electron chi connectivity index (χ3n) is 6.01. The molecule has 0 radical (unpaired) electrons. The number of hydrogen-bond acceptors (Lipinski definition) is 7. The number of carbonyl (C=O) groups excluding carboxylic acids is 1. The highest BCUT2D eigenvalue weighted by molar-refractivity contribution is 6.17. The van der Waals surface area contributed by atoms with Gasteiger partial charge < -0.3 is 16.0 Å². The summed E-state index contributed by atoms with van der Waals surface area (Å²) in [5.41, 5.74) is 8.54. The molecule has 2 heterocycles. The summed E-state index contributed by atoms with van der Waals surface area (Å²) in [5, 5.41) is 15.8. The van der Waals surface area contributed by atoms with E-state index in [9.17, 15) is 18.0 Å². The third kappa shape index (κ3) is 4.71. The molecule has 1 aromatic carbocycles. The molecule has 1 aliphatic rings. The van der Waals surface area contributed by atoms with Crippen molar-refractivity contribution < 1.29 is 22.8 Å². The summed E-state index contributed by atoms with van der Waals surface area (Å²) in [6.07, 6.45) is -1.53. The normalized spacial score (nSPS) is 14.8. The fourth-order valence-electron chi connectivity index (χ4n) is 4.34. The number of nitrogens with one attached hydrogen (secondary N) is 3. The number of nitrogens with zero attached hydrogens (tertiary/aromatic N) is 3. The third-order valence-corrected chi connectivity index (χ3v) is 6.01. The molecule has 1 amide bonds. The van der Waals surface area contributed by atoms with Crippen LogP contribution in [0.1, 0.15) is 40.2 Å². The minimum absolute atomic E-state index is 0.0536. The van der Waals surface area contributed by atoms with Gasteiger partial charge in [0.25, 0.3) is 5.91 Å². The zero-order valence-corrected chi connectivity index (χ0v) is 19.3. The van der Waals surface area contributed by atoms with Gasteiger partial charge in [0.05, 0.1) is 23.3 Å². The Hall–Kier alpha value is -3.51. The van der Waals surface area contributed by atoms with Crippen molar-refractivity contribution in [3.8, 4) is 0 Å². The monoisotopic (exact) mass is 489 g/mol. The highest BCUT2D eigenvalue weighted by atomic mass is 19.4. The van der Waals surface area contributed by atoms with Crippen molar-refractivity contribution in [2.24, 2.45) is 5.73 Å². The number of rotatable bonds is 7. The standard InChI is InChI=1S/C23H26F3N7O2/c1-33(2)9-10-35-32-22(34)20-18-16(30-31-20)8-7-15-17(18)12-5-3-4-6-13(12)19(29-15)14(11-27)21(28)23(24,25)26/h7-8,11,27H,3-6,9-10,28H2,1-2H3,(H,30,31)(H,32,34). The predicted molar refractivity (Wildman–Crippen MR) is 126 cm³/mol. The zero-order chi connectivity index (χ0) is 25.3. The maximum absolute atomic E-state index is 13.4. The van der Waals surface area contributed by atoms with E-state index in [1.165, 1.54) is 0 Å². The molecule has 1 aliphatic carbocycles. The number of pyridine rings is 1. The molecule has 4 rings (SSSR count). The van der Waals surface area contributed by atoms with Gasteiger partial charge in [-0.05, 0) is 63.0 Å². The number of likely N-dealkylation sites (N-methyl/N-ethyl adjacent to an activating group) is 1. The van der Waals surface area contributed by atoms with Crippen LogP contribution in [0.3, 0.4) is 0 Å². The van der Waals surface area contributed by atoms with Crippen LogP contribution >= 0.6 is 0 Å². The number of benzene rings is 1. The number of fused-ring (bicyclic) bond motifs is 5. The Morgan fingerprint density at radius 3 is 2.60 bits per heavy atom. The van der Waals surface area contributed by atoms with E-state index in [0.29, 0.717) is 53.0 Å². The molecule has 5 N–H and O–H groups in total. The van der Waals surface area contributed by atoms with Gasteiger partial charge in [-0.2, -0.15) is 18.3 Å². The van der Waals surface area contributed by atoms with E-state index < -0.39 is 23.4 Å². The van der Waals surface area contributed by atoms with E-state index in [4.69, 9.17) is 16.0 Å². The van der Waals surface area contributed by atoms with Crippen LogP contribution < -0.4 is 11.2 Å². The van der Waals surface area contributed by atoms with Crippen LogP contribution in [-0.2, 0) is 17.7 Å². The van der Waals surface area contributed by atoms with E-state index in [0.717, 1.165) is 18.4 Å². The SMILES string of the molecule is CN(C)CCONC(=O)c1n[nH]c2ccc3nc(C(C=N)=C(N)C(F)(F)F)c4c(c3c12)CCCC4. The molecular weight excluding hydrogens is 463 g/mol. The number of alkyl halides is 3. The Morgan fingerprint density at radius 1 is 1.23 bits per heavy atom. The second kappa shape index (κ2) is 9.62. The van der Waals surface area contributed by atoms with E-state index in [2.05, 4.69) is 20.7 Å². The molecule has 0 spiro atoms. The topological polar surface area (TPSA) is 133 Å². The zero-order valence-electron chi connectivity index (χ0n) is 19.3. The van der Waals surface area contributed by atoms with Gasteiger partial charge in [-0.1, -0.05) is 0 Å². The van der Waals surface area contributed by atoms with Crippen LogP contribution in [0.5, 0.6) is 0 Å². The van der Waals surface area contributed by atoms with Crippen LogP contribution in [0, 0.1) is 5.41 Å². The Balaban J connectivity index is 1.89. The van der Waals surface area contributed by atoms with E-state index in [-0.39, 0.29) is 18.0 Å². The summed E-state index contributed by atoms with van der Waals surface area (Å²) in [7, 11) is 3.76. The van der Waals surface area contributed by atoms with Crippen LogP contribution in [0.15, 0.2) is 17.8 Å². The van der Waals surface area contributed by atoms with Crippen molar-refractivity contribution in [1.29, 1.82) is 5.41 Å². The van der Waals surface area contributed by atoms with Gasteiger partial charge in [0.1, 0.15) is 5.70 Å². The number of allylic oxidation sites excluding steroid dienone is 2. The predicted octanol–water partition coefficient (Wildman–Crippen LogP) is 3.09. The number of nitrogens with two attached hydrogens (primary N) is 1. The molecule has 2 aromatic heterocycles. The molecule has 0 bridgehead atoms. The Labute approximate surface area is 199 Å². The molecule has 9 nitrogen and oxygen atoms in total. The number of hydroxylamine groups is 1. The second-order valence-corrected chi connectivity index (χ2v) is 8.63. The van der Waals surface area contributed by atoms with Crippen molar-refractivity contribution in [1.82, 2.24) is 25.6 Å². The summed E-state index contributed by atoms with van der Waals surface area (Å²) in [6.45, 7) is 0.885.